The van der Waals surface area contributed by atoms with Crippen LogP contribution in [0.25, 0.3) is 39.1 Å². The molecule has 3 atom stereocenters. The monoisotopic (exact) mass is 540 g/mol. The molecule has 39 heavy (non-hydrogen) atoms. The van der Waals surface area contributed by atoms with Crippen molar-refractivity contribution < 1.29 is 4.39 Å². The van der Waals surface area contributed by atoms with Crippen molar-refractivity contribution in [2.75, 3.05) is 5.73 Å². The zero-order chi connectivity index (χ0) is 26.4. The van der Waals surface area contributed by atoms with Gasteiger partial charge in [-0.25, -0.2) is 4.98 Å². The molecule has 192 valence electrons. The second-order valence-corrected chi connectivity index (χ2v) is 10.3. The largest absolute Gasteiger partial charge is 0.382 e. The van der Waals surface area contributed by atoms with Crippen molar-refractivity contribution >= 4 is 28.3 Å². The van der Waals surface area contributed by atoms with E-state index in [1.165, 1.54) is 11.0 Å². The summed E-state index contributed by atoms with van der Waals surface area (Å²) >= 11 is 6.32. The third-order valence-corrected chi connectivity index (χ3v) is 7.95. The third kappa shape index (κ3) is 3.27. The van der Waals surface area contributed by atoms with Gasteiger partial charge in [0.05, 0.1) is 22.9 Å². The molecule has 13 heteroatoms. The summed E-state index contributed by atoms with van der Waals surface area (Å²) in [5.74, 6) is 0.395. The Morgan fingerprint density at radius 3 is 2.85 bits per heavy atom. The molecular formula is C26H18ClFN10O. The minimum atomic E-state index is -0.621. The lowest BCUT2D eigenvalue weighted by atomic mass is 10.0. The molecule has 5 heterocycles. The van der Waals surface area contributed by atoms with Crippen LogP contribution < -0.4 is 11.3 Å². The molecule has 11 nitrogen and oxygen atoms in total. The van der Waals surface area contributed by atoms with E-state index in [9.17, 15) is 4.79 Å². The van der Waals surface area contributed by atoms with Crippen LogP contribution in [-0.4, -0.2) is 44.9 Å². The van der Waals surface area contributed by atoms with E-state index in [0.717, 1.165) is 28.6 Å². The minimum absolute atomic E-state index is 0.101. The number of benzene rings is 2. The van der Waals surface area contributed by atoms with Crippen LogP contribution in [0.4, 0.5) is 10.2 Å². The summed E-state index contributed by atoms with van der Waals surface area (Å²) < 4.78 is 18.6. The molecule has 0 amide bonds. The Morgan fingerprint density at radius 2 is 2.00 bits per heavy atom. The Bertz CT molecular complexity index is 1990. The van der Waals surface area contributed by atoms with Gasteiger partial charge >= 0.3 is 0 Å². The number of hydrogen-bond acceptors (Lipinski definition) is 7. The quantitative estimate of drug-likeness (QED) is 0.307. The average Bonchev–Trinajstić information content (AvgIpc) is 3.29. The van der Waals surface area contributed by atoms with Gasteiger partial charge in [0.15, 0.2) is 5.82 Å². The van der Waals surface area contributed by atoms with Gasteiger partial charge in [-0.2, -0.15) is 14.2 Å². The topological polar surface area (TPSA) is 149 Å². The van der Waals surface area contributed by atoms with Crippen molar-refractivity contribution in [3.05, 3.63) is 87.6 Å². The van der Waals surface area contributed by atoms with Gasteiger partial charge in [-0.15, -0.1) is 5.10 Å². The number of nitrogens with one attached hydrogen (secondary N) is 2. The van der Waals surface area contributed by atoms with E-state index in [1.807, 2.05) is 24.3 Å². The SMILES string of the molecule is Nc1n[nH]c2cc(-c3nc(F)c(C4C5CC5c5cc(-c6cc(Cl)ccc6-n6cnnn6)cc(=O)n54)[nH]3)ccc12. The second-order valence-electron chi connectivity index (χ2n) is 9.90. The lowest BCUT2D eigenvalue weighted by molar-refractivity contribution is 0.482. The molecule has 1 saturated carbocycles. The van der Waals surface area contributed by atoms with Gasteiger partial charge in [0, 0.05) is 39.2 Å². The van der Waals surface area contributed by atoms with E-state index >= 15 is 4.39 Å². The van der Waals surface area contributed by atoms with Crippen molar-refractivity contribution in [3.63, 3.8) is 0 Å². The molecule has 2 aliphatic rings. The first kappa shape index (κ1) is 22.2. The van der Waals surface area contributed by atoms with Crippen LogP contribution in [0.3, 0.4) is 0 Å². The summed E-state index contributed by atoms with van der Waals surface area (Å²) in [4.78, 5) is 20.9. The Balaban J connectivity index is 1.22. The molecule has 1 aliphatic carbocycles. The van der Waals surface area contributed by atoms with Crippen molar-refractivity contribution in [3.8, 4) is 28.2 Å². The van der Waals surface area contributed by atoms with Gasteiger partial charge in [0.2, 0.25) is 5.95 Å². The van der Waals surface area contributed by atoms with E-state index < -0.39 is 12.0 Å². The maximum absolute atomic E-state index is 15.3. The number of aromatic amines is 2. The van der Waals surface area contributed by atoms with Crippen molar-refractivity contribution in [2.45, 2.75) is 18.4 Å². The average molecular weight is 541 g/mol. The van der Waals surface area contributed by atoms with Gasteiger partial charge in [-0.3, -0.25) is 9.89 Å². The summed E-state index contributed by atoms with van der Waals surface area (Å²) in [6.07, 6.45) is 2.34. The minimum Gasteiger partial charge on any atom is -0.382 e. The number of H-pyrrole nitrogens is 2. The smallest absolute Gasteiger partial charge is 0.251 e. The van der Waals surface area contributed by atoms with Crippen LogP contribution in [0, 0.1) is 11.9 Å². The Morgan fingerprint density at radius 1 is 1.10 bits per heavy atom. The zero-order valence-corrected chi connectivity index (χ0v) is 20.8. The highest BCUT2D eigenvalue weighted by atomic mass is 35.5. The number of pyridine rings is 1. The van der Waals surface area contributed by atoms with E-state index in [0.29, 0.717) is 39.2 Å². The van der Waals surface area contributed by atoms with Crippen LogP contribution in [0.5, 0.6) is 0 Å². The molecule has 6 aromatic rings. The van der Waals surface area contributed by atoms with Gasteiger partial charge in [-0.05, 0) is 64.7 Å². The first-order chi connectivity index (χ1) is 19.0. The fourth-order valence-electron chi connectivity index (χ4n) is 5.87. The molecular weight excluding hydrogens is 523 g/mol. The number of anilines is 1. The predicted octanol–water partition coefficient (Wildman–Crippen LogP) is 3.84. The number of fused-ring (bicyclic) bond motifs is 4. The van der Waals surface area contributed by atoms with Gasteiger partial charge in [-0.1, -0.05) is 17.7 Å². The molecule has 0 spiro atoms. The lowest BCUT2D eigenvalue weighted by Gasteiger charge is -2.18. The third-order valence-electron chi connectivity index (χ3n) is 7.71. The van der Waals surface area contributed by atoms with Crippen LogP contribution in [0.2, 0.25) is 5.02 Å². The molecule has 4 aromatic heterocycles. The first-order valence-electron chi connectivity index (χ1n) is 12.3. The number of rotatable bonds is 4. The van der Waals surface area contributed by atoms with Crippen LogP contribution in [-0.2, 0) is 0 Å². The maximum Gasteiger partial charge on any atom is 0.251 e. The molecule has 8 rings (SSSR count). The van der Waals surface area contributed by atoms with Gasteiger partial charge < -0.3 is 15.3 Å². The van der Waals surface area contributed by atoms with Crippen LogP contribution in [0.1, 0.15) is 29.8 Å². The number of nitrogens with two attached hydrogens (primary N) is 1. The van der Waals surface area contributed by atoms with Gasteiger partial charge in [0.1, 0.15) is 12.2 Å². The summed E-state index contributed by atoms with van der Waals surface area (Å²) in [6, 6.07) is 13.8. The highest BCUT2D eigenvalue weighted by Gasteiger charge is 2.54. The Hall–Kier alpha value is -4.84. The fourth-order valence-corrected chi connectivity index (χ4v) is 6.05. The molecule has 0 saturated heterocycles. The highest BCUT2D eigenvalue weighted by Crippen LogP contribution is 2.61. The summed E-state index contributed by atoms with van der Waals surface area (Å²) in [6.45, 7) is 0. The summed E-state index contributed by atoms with van der Waals surface area (Å²) in [5, 5.41) is 19.6. The summed E-state index contributed by atoms with van der Waals surface area (Å²) in [5.41, 5.74) is 10.3. The van der Waals surface area contributed by atoms with E-state index in [-0.39, 0.29) is 17.4 Å². The lowest BCUT2D eigenvalue weighted by Crippen LogP contribution is -2.26. The first-order valence-corrected chi connectivity index (χ1v) is 12.6. The Kier molecular flexibility index (Phi) is 4.45. The molecule has 2 aromatic carbocycles. The molecule has 1 fully saturated rings. The molecule has 3 unspecified atom stereocenters. The molecule has 0 bridgehead atoms. The number of halogens is 2. The van der Waals surface area contributed by atoms with E-state index in [1.54, 1.807) is 28.8 Å². The van der Waals surface area contributed by atoms with Crippen molar-refractivity contribution in [2.24, 2.45) is 5.92 Å². The summed E-state index contributed by atoms with van der Waals surface area (Å²) in [7, 11) is 0. The molecule has 0 radical (unpaired) electrons. The highest BCUT2D eigenvalue weighted by molar-refractivity contribution is 6.31. The second kappa shape index (κ2) is 7.84. The van der Waals surface area contributed by atoms with Crippen molar-refractivity contribution in [1.82, 2.24) is 44.9 Å². The molecule has 4 N–H and O–H groups in total. The predicted molar refractivity (Wildman–Crippen MR) is 141 cm³/mol. The number of imidazole rings is 1. The molecule has 1 aliphatic heterocycles. The number of hydrogen-bond donors (Lipinski definition) is 3. The standard InChI is InChI=1S/C26H18ClFN10O/c27-13-2-4-19(37-10-30-35-36-37)15(8-13)12-6-20-16-9-17(16)23(38(20)21(39)7-12)22-24(28)32-26(31-22)11-1-3-14-18(5-11)33-34-25(14)29/h1-8,10,16-17,23H,9H2,(H,31,32)(H3,29,33,34). The Labute approximate surface area is 223 Å². The number of nitrogens with zero attached hydrogens (tertiary/aromatic N) is 7. The maximum atomic E-state index is 15.3. The number of aromatic nitrogens is 9. The fraction of sp³-hybridized carbons (Fsp3) is 0.154. The van der Waals surface area contributed by atoms with Gasteiger partial charge in [0.25, 0.3) is 5.56 Å². The van der Waals surface area contributed by atoms with E-state index in [4.69, 9.17) is 17.3 Å². The van der Waals surface area contributed by atoms with Crippen molar-refractivity contribution in [1.29, 1.82) is 0 Å². The zero-order valence-electron chi connectivity index (χ0n) is 20.0. The van der Waals surface area contributed by atoms with Crippen LogP contribution >= 0.6 is 11.6 Å². The number of nitrogen functional groups attached to an aromatic ring is 1. The van der Waals surface area contributed by atoms with Crippen LogP contribution in [0.15, 0.2) is 59.7 Å². The normalized spacial score (nSPS) is 19.4. The van der Waals surface area contributed by atoms with E-state index in [2.05, 4.69) is 35.7 Å². The number of tetrazole rings is 1.